The van der Waals surface area contributed by atoms with E-state index >= 15 is 0 Å². The lowest BCUT2D eigenvalue weighted by Crippen LogP contribution is -2.19. The van der Waals surface area contributed by atoms with Gasteiger partial charge in [-0.25, -0.2) is 0 Å². The highest BCUT2D eigenvalue weighted by Crippen LogP contribution is 2.28. The van der Waals surface area contributed by atoms with Crippen molar-refractivity contribution in [2.24, 2.45) is 11.7 Å². The van der Waals surface area contributed by atoms with Crippen molar-refractivity contribution in [2.75, 3.05) is 13.2 Å². The molecule has 0 aliphatic heterocycles. The van der Waals surface area contributed by atoms with E-state index in [4.69, 9.17) is 22.1 Å². The average molecular weight is 252 g/mol. The standard InChI is InChI=1S/C14H18ClNO/c15-13-7-12(5-2-6-16)8-14(9-13)17-10-11-3-1-4-11/h2,5,7-9,11H,1,3-4,6,10,16H2/b5-2+. The lowest BCUT2D eigenvalue weighted by atomic mass is 9.86. The van der Waals surface area contributed by atoms with Crippen molar-refractivity contribution in [1.29, 1.82) is 0 Å². The van der Waals surface area contributed by atoms with Crippen LogP contribution in [0.5, 0.6) is 5.75 Å². The number of hydrogen-bond acceptors (Lipinski definition) is 2. The maximum absolute atomic E-state index is 6.05. The van der Waals surface area contributed by atoms with Gasteiger partial charge < -0.3 is 10.5 Å². The van der Waals surface area contributed by atoms with Crippen LogP contribution in [-0.4, -0.2) is 13.2 Å². The Morgan fingerprint density at radius 2 is 2.18 bits per heavy atom. The molecule has 1 saturated carbocycles. The molecule has 1 aliphatic carbocycles. The fraction of sp³-hybridized carbons (Fsp3) is 0.429. The van der Waals surface area contributed by atoms with Gasteiger partial charge in [0, 0.05) is 11.6 Å². The van der Waals surface area contributed by atoms with Gasteiger partial charge in [0.05, 0.1) is 6.61 Å². The summed E-state index contributed by atoms with van der Waals surface area (Å²) in [6, 6.07) is 5.76. The van der Waals surface area contributed by atoms with Crippen molar-refractivity contribution in [3.63, 3.8) is 0 Å². The Bertz CT molecular complexity index is 399. The normalized spacial score (nSPS) is 16.1. The summed E-state index contributed by atoms with van der Waals surface area (Å²) in [6.45, 7) is 1.34. The molecule has 3 heteroatoms. The van der Waals surface area contributed by atoms with Gasteiger partial charge in [0.1, 0.15) is 5.75 Å². The van der Waals surface area contributed by atoms with Crippen LogP contribution in [0.1, 0.15) is 24.8 Å². The van der Waals surface area contributed by atoms with Gasteiger partial charge >= 0.3 is 0 Å². The largest absolute Gasteiger partial charge is 0.493 e. The minimum absolute atomic E-state index is 0.533. The molecular weight excluding hydrogens is 234 g/mol. The molecule has 0 spiro atoms. The Morgan fingerprint density at radius 1 is 1.35 bits per heavy atom. The van der Waals surface area contributed by atoms with Crippen molar-refractivity contribution in [3.05, 3.63) is 34.9 Å². The Hall–Kier alpha value is -0.990. The van der Waals surface area contributed by atoms with E-state index in [9.17, 15) is 0 Å². The lowest BCUT2D eigenvalue weighted by molar-refractivity contribution is 0.180. The van der Waals surface area contributed by atoms with Gasteiger partial charge in [-0.3, -0.25) is 0 Å². The third-order valence-corrected chi connectivity index (χ3v) is 3.27. The first-order valence-corrected chi connectivity index (χ1v) is 6.46. The van der Waals surface area contributed by atoms with E-state index < -0.39 is 0 Å². The molecular formula is C14H18ClNO. The first kappa shape index (κ1) is 12.5. The second kappa shape index (κ2) is 6.08. The van der Waals surface area contributed by atoms with Gasteiger partial charge in [0.25, 0.3) is 0 Å². The second-order valence-corrected chi connectivity index (χ2v) is 4.90. The number of ether oxygens (including phenoxy) is 1. The molecule has 0 radical (unpaired) electrons. The van der Waals surface area contributed by atoms with Gasteiger partial charge in [0.15, 0.2) is 0 Å². The maximum atomic E-state index is 6.05. The molecule has 2 N–H and O–H groups in total. The van der Waals surface area contributed by atoms with E-state index in [1.165, 1.54) is 19.3 Å². The Kier molecular flexibility index (Phi) is 4.46. The molecule has 92 valence electrons. The van der Waals surface area contributed by atoms with Crippen molar-refractivity contribution in [1.82, 2.24) is 0 Å². The van der Waals surface area contributed by atoms with Crippen LogP contribution in [0.15, 0.2) is 24.3 Å². The minimum atomic E-state index is 0.533. The highest BCUT2D eigenvalue weighted by atomic mass is 35.5. The summed E-state index contributed by atoms with van der Waals surface area (Å²) in [5, 5.41) is 0.702. The highest BCUT2D eigenvalue weighted by molar-refractivity contribution is 6.30. The summed E-state index contributed by atoms with van der Waals surface area (Å²) < 4.78 is 5.76. The zero-order valence-corrected chi connectivity index (χ0v) is 10.6. The summed E-state index contributed by atoms with van der Waals surface area (Å²) in [5.41, 5.74) is 6.46. The van der Waals surface area contributed by atoms with Gasteiger partial charge in [0.2, 0.25) is 0 Å². The number of rotatable bonds is 5. The Balaban J connectivity index is 1.99. The van der Waals surface area contributed by atoms with Crippen molar-refractivity contribution < 1.29 is 4.74 Å². The molecule has 0 saturated heterocycles. The summed E-state index contributed by atoms with van der Waals surface area (Å²) in [5.74, 6) is 1.58. The predicted molar refractivity (Wildman–Crippen MR) is 72.4 cm³/mol. The molecule has 0 atom stereocenters. The Morgan fingerprint density at radius 3 is 2.82 bits per heavy atom. The lowest BCUT2D eigenvalue weighted by Gasteiger charge is -2.25. The topological polar surface area (TPSA) is 35.2 Å². The summed E-state index contributed by atoms with van der Waals surface area (Å²) in [7, 11) is 0. The van der Waals surface area contributed by atoms with Crippen LogP contribution in [0.4, 0.5) is 0 Å². The molecule has 1 aromatic rings. The molecule has 0 heterocycles. The van der Waals surface area contributed by atoms with Crippen LogP contribution >= 0.6 is 11.6 Å². The van der Waals surface area contributed by atoms with Crippen LogP contribution in [-0.2, 0) is 0 Å². The number of hydrogen-bond donors (Lipinski definition) is 1. The maximum Gasteiger partial charge on any atom is 0.121 e. The van der Waals surface area contributed by atoms with E-state index in [0.717, 1.165) is 23.8 Å². The summed E-state index contributed by atoms with van der Waals surface area (Å²) >= 11 is 6.05. The molecule has 2 nitrogen and oxygen atoms in total. The quantitative estimate of drug-likeness (QED) is 0.870. The van der Waals surface area contributed by atoms with Gasteiger partial charge in [-0.2, -0.15) is 0 Å². The van der Waals surface area contributed by atoms with E-state index in [1.54, 1.807) is 0 Å². The smallest absolute Gasteiger partial charge is 0.121 e. The first-order valence-electron chi connectivity index (χ1n) is 6.08. The van der Waals surface area contributed by atoms with Gasteiger partial charge in [-0.15, -0.1) is 0 Å². The molecule has 0 bridgehead atoms. The predicted octanol–water partition coefficient (Wildman–Crippen LogP) is 3.49. The van der Waals surface area contributed by atoms with E-state index in [0.29, 0.717) is 11.6 Å². The van der Waals surface area contributed by atoms with Crippen molar-refractivity contribution in [2.45, 2.75) is 19.3 Å². The van der Waals surface area contributed by atoms with Crippen LogP contribution in [0.25, 0.3) is 6.08 Å². The molecule has 1 fully saturated rings. The number of halogens is 1. The van der Waals surface area contributed by atoms with Gasteiger partial charge in [-0.1, -0.05) is 30.2 Å². The molecule has 17 heavy (non-hydrogen) atoms. The first-order chi connectivity index (χ1) is 8.28. The minimum Gasteiger partial charge on any atom is -0.493 e. The number of nitrogens with two attached hydrogens (primary N) is 1. The molecule has 0 aromatic heterocycles. The van der Waals surface area contributed by atoms with E-state index in [-0.39, 0.29) is 0 Å². The van der Waals surface area contributed by atoms with Crippen LogP contribution < -0.4 is 10.5 Å². The van der Waals surface area contributed by atoms with Crippen molar-refractivity contribution in [3.8, 4) is 5.75 Å². The van der Waals surface area contributed by atoms with Crippen LogP contribution in [0.2, 0.25) is 5.02 Å². The molecule has 0 amide bonds. The Labute approximate surface area is 107 Å². The van der Waals surface area contributed by atoms with Gasteiger partial charge in [-0.05, 0) is 42.5 Å². The SMILES string of the molecule is NC/C=C/c1cc(Cl)cc(OCC2CCC2)c1. The molecule has 1 aromatic carbocycles. The molecule has 0 unspecified atom stereocenters. The molecule has 1 aliphatic rings. The fourth-order valence-corrected chi connectivity index (χ4v) is 2.08. The number of benzene rings is 1. The zero-order chi connectivity index (χ0) is 12.1. The monoisotopic (exact) mass is 251 g/mol. The average Bonchev–Trinajstić information content (AvgIpc) is 2.23. The van der Waals surface area contributed by atoms with Crippen molar-refractivity contribution >= 4 is 17.7 Å². The van der Waals surface area contributed by atoms with Crippen LogP contribution in [0, 0.1) is 5.92 Å². The van der Waals surface area contributed by atoms with E-state index in [1.807, 2.05) is 30.4 Å². The summed E-state index contributed by atoms with van der Waals surface area (Å²) in [4.78, 5) is 0. The van der Waals surface area contributed by atoms with Crippen LogP contribution in [0.3, 0.4) is 0 Å². The molecule has 2 rings (SSSR count). The third-order valence-electron chi connectivity index (χ3n) is 3.05. The van der Waals surface area contributed by atoms with E-state index in [2.05, 4.69) is 0 Å². The fourth-order valence-electron chi connectivity index (χ4n) is 1.84. The summed E-state index contributed by atoms with van der Waals surface area (Å²) in [6.07, 6.45) is 7.79. The zero-order valence-electron chi connectivity index (χ0n) is 9.86. The second-order valence-electron chi connectivity index (χ2n) is 4.47. The highest BCUT2D eigenvalue weighted by Gasteiger charge is 2.17. The third kappa shape index (κ3) is 3.76.